The molecule has 3 heteroatoms. The van der Waals surface area contributed by atoms with E-state index in [1.165, 1.54) is 18.4 Å². The van der Waals surface area contributed by atoms with Crippen LogP contribution in [-0.2, 0) is 6.54 Å². The molecule has 1 saturated carbocycles. The third-order valence-corrected chi connectivity index (χ3v) is 5.47. The van der Waals surface area contributed by atoms with Gasteiger partial charge < -0.3 is 15.2 Å². The largest absolute Gasteiger partial charge is 0.508 e. The van der Waals surface area contributed by atoms with Crippen LogP contribution in [0.25, 0.3) is 0 Å². The molecule has 0 amide bonds. The summed E-state index contributed by atoms with van der Waals surface area (Å²) in [5, 5.41) is 13.1. The number of phenols is 1. The van der Waals surface area contributed by atoms with Crippen LogP contribution in [0.4, 0.5) is 0 Å². The Morgan fingerprint density at radius 1 is 1.15 bits per heavy atom. The molecule has 3 nitrogen and oxygen atoms in total. The van der Waals surface area contributed by atoms with Gasteiger partial charge in [0.15, 0.2) is 0 Å². The van der Waals surface area contributed by atoms with Gasteiger partial charge in [-0.15, -0.1) is 0 Å². The Balaban J connectivity index is 1.46. The Hall–Kier alpha value is -2.00. The number of phenolic OH excluding ortho intramolecular Hbond substituents is 1. The maximum absolute atomic E-state index is 9.55. The van der Waals surface area contributed by atoms with Gasteiger partial charge in [-0.3, -0.25) is 0 Å². The van der Waals surface area contributed by atoms with Crippen molar-refractivity contribution in [3.8, 4) is 11.5 Å². The topological polar surface area (TPSA) is 41.5 Å². The van der Waals surface area contributed by atoms with Crippen molar-refractivity contribution in [1.82, 2.24) is 5.32 Å². The lowest BCUT2D eigenvalue weighted by atomic mass is 9.79. The highest BCUT2D eigenvalue weighted by atomic mass is 16.5. The first-order chi connectivity index (χ1) is 12.6. The molecular weight excluding hydrogens is 322 g/mol. The van der Waals surface area contributed by atoms with Gasteiger partial charge in [-0.25, -0.2) is 0 Å². The normalized spacial score (nSPS) is 21.3. The highest BCUT2D eigenvalue weighted by Gasteiger charge is 2.27. The zero-order valence-electron chi connectivity index (χ0n) is 15.9. The molecule has 140 valence electrons. The molecule has 2 aromatic carbocycles. The van der Waals surface area contributed by atoms with Crippen LogP contribution >= 0.6 is 0 Å². The molecule has 3 rings (SSSR count). The van der Waals surface area contributed by atoms with E-state index in [1.807, 2.05) is 18.2 Å². The first-order valence-corrected chi connectivity index (χ1v) is 9.82. The maximum Gasteiger partial charge on any atom is 0.119 e. The first kappa shape index (κ1) is 18.8. The molecule has 1 fully saturated rings. The summed E-state index contributed by atoms with van der Waals surface area (Å²) >= 11 is 0. The average Bonchev–Trinajstić information content (AvgIpc) is 2.62. The first-order valence-electron chi connectivity index (χ1n) is 9.82. The fourth-order valence-corrected chi connectivity index (χ4v) is 3.96. The van der Waals surface area contributed by atoms with Crippen molar-refractivity contribution < 1.29 is 9.84 Å². The number of nitrogens with one attached hydrogen (secondary N) is 1. The second kappa shape index (κ2) is 9.09. The van der Waals surface area contributed by atoms with Crippen molar-refractivity contribution in [3.05, 3.63) is 59.7 Å². The van der Waals surface area contributed by atoms with Crippen molar-refractivity contribution in [1.29, 1.82) is 0 Å². The van der Waals surface area contributed by atoms with Crippen LogP contribution in [0.15, 0.2) is 48.5 Å². The van der Waals surface area contributed by atoms with Gasteiger partial charge in [0.25, 0.3) is 0 Å². The minimum atomic E-state index is 0.334. The second-order valence-electron chi connectivity index (χ2n) is 7.76. The van der Waals surface area contributed by atoms with Gasteiger partial charge in [0.05, 0.1) is 6.10 Å². The lowest BCUT2D eigenvalue weighted by molar-refractivity contribution is 0.102. The summed E-state index contributed by atoms with van der Waals surface area (Å²) in [6.45, 7) is 6.25. The Bertz CT molecular complexity index is 700. The van der Waals surface area contributed by atoms with E-state index in [1.54, 1.807) is 6.07 Å². The summed E-state index contributed by atoms with van der Waals surface area (Å²) in [6.07, 6.45) is 5.18. The third kappa shape index (κ3) is 5.50. The van der Waals surface area contributed by atoms with Gasteiger partial charge in [0.1, 0.15) is 11.5 Å². The van der Waals surface area contributed by atoms with Gasteiger partial charge in [-0.1, -0.05) is 31.2 Å². The number of ether oxygens (including phenoxy) is 1. The summed E-state index contributed by atoms with van der Waals surface area (Å²) < 4.78 is 6.26. The third-order valence-electron chi connectivity index (χ3n) is 5.47. The van der Waals surface area contributed by atoms with Gasteiger partial charge in [0, 0.05) is 6.54 Å². The lowest BCUT2D eigenvalue weighted by Crippen LogP contribution is -2.33. The molecule has 0 aromatic heterocycles. The molecule has 1 aliphatic carbocycles. The number of aryl methyl sites for hydroxylation is 1. The zero-order chi connectivity index (χ0) is 18.4. The van der Waals surface area contributed by atoms with Crippen molar-refractivity contribution in [2.45, 2.75) is 52.2 Å². The maximum atomic E-state index is 9.55. The van der Waals surface area contributed by atoms with E-state index < -0.39 is 0 Å². The number of rotatable bonds is 7. The van der Waals surface area contributed by atoms with E-state index in [0.29, 0.717) is 23.7 Å². The fourth-order valence-electron chi connectivity index (χ4n) is 3.96. The molecule has 0 aliphatic heterocycles. The quantitative estimate of drug-likeness (QED) is 0.731. The summed E-state index contributed by atoms with van der Waals surface area (Å²) in [5.41, 5.74) is 2.38. The molecule has 0 bridgehead atoms. The van der Waals surface area contributed by atoms with E-state index in [-0.39, 0.29) is 0 Å². The van der Waals surface area contributed by atoms with Crippen LogP contribution in [0.5, 0.6) is 11.5 Å². The van der Waals surface area contributed by atoms with Crippen molar-refractivity contribution >= 4 is 0 Å². The molecule has 2 aromatic rings. The number of hydrogen-bond donors (Lipinski definition) is 2. The minimum absolute atomic E-state index is 0.334. The van der Waals surface area contributed by atoms with E-state index in [4.69, 9.17) is 4.74 Å². The number of benzene rings is 2. The Labute approximate surface area is 157 Å². The monoisotopic (exact) mass is 353 g/mol. The van der Waals surface area contributed by atoms with E-state index >= 15 is 0 Å². The van der Waals surface area contributed by atoms with Crippen LogP contribution in [0.3, 0.4) is 0 Å². The number of aromatic hydroxyl groups is 1. The Morgan fingerprint density at radius 3 is 2.81 bits per heavy atom. The van der Waals surface area contributed by atoms with E-state index in [2.05, 4.69) is 43.4 Å². The summed E-state index contributed by atoms with van der Waals surface area (Å²) in [4.78, 5) is 0. The Morgan fingerprint density at radius 2 is 2.00 bits per heavy atom. The zero-order valence-corrected chi connectivity index (χ0v) is 15.9. The van der Waals surface area contributed by atoms with Gasteiger partial charge in [-0.2, -0.15) is 0 Å². The molecule has 0 heterocycles. The van der Waals surface area contributed by atoms with Gasteiger partial charge in [-0.05, 0) is 86.4 Å². The second-order valence-corrected chi connectivity index (χ2v) is 7.76. The molecule has 3 atom stereocenters. The van der Waals surface area contributed by atoms with Gasteiger partial charge in [0.2, 0.25) is 0 Å². The minimum Gasteiger partial charge on any atom is -0.508 e. The van der Waals surface area contributed by atoms with Crippen molar-refractivity contribution in [2.75, 3.05) is 6.54 Å². The predicted molar refractivity (Wildman–Crippen MR) is 107 cm³/mol. The van der Waals surface area contributed by atoms with Crippen LogP contribution in [0.2, 0.25) is 0 Å². The van der Waals surface area contributed by atoms with Crippen molar-refractivity contribution in [2.24, 2.45) is 11.8 Å². The van der Waals surface area contributed by atoms with Crippen LogP contribution in [0.1, 0.15) is 43.7 Å². The molecule has 1 aliphatic rings. The molecule has 2 N–H and O–H groups in total. The SMILES string of the molecule is Cc1cccc(O[C@@H]2CCCC(C(C)CNCc3cccc(O)c3)C2)c1. The van der Waals surface area contributed by atoms with Crippen LogP contribution in [0, 0.1) is 18.8 Å². The molecule has 0 spiro atoms. The molecule has 0 saturated heterocycles. The lowest BCUT2D eigenvalue weighted by Gasteiger charge is -2.33. The van der Waals surface area contributed by atoms with E-state index in [0.717, 1.165) is 37.2 Å². The summed E-state index contributed by atoms with van der Waals surface area (Å²) in [7, 11) is 0. The smallest absolute Gasteiger partial charge is 0.119 e. The van der Waals surface area contributed by atoms with Crippen molar-refractivity contribution in [3.63, 3.8) is 0 Å². The fraction of sp³-hybridized carbons (Fsp3) is 0.478. The van der Waals surface area contributed by atoms with Crippen LogP contribution < -0.4 is 10.1 Å². The molecule has 26 heavy (non-hydrogen) atoms. The highest BCUT2D eigenvalue weighted by molar-refractivity contribution is 5.28. The number of hydrogen-bond acceptors (Lipinski definition) is 3. The molecular formula is C23H31NO2. The average molecular weight is 354 g/mol. The predicted octanol–water partition coefficient (Wildman–Crippen LogP) is 5.06. The summed E-state index contributed by atoms with van der Waals surface area (Å²) in [5.74, 6) is 2.66. The molecule has 2 unspecified atom stereocenters. The standard InChI is InChI=1S/C23H31NO2/c1-17-6-3-10-22(12-17)26-23-11-5-8-20(14-23)18(2)15-24-16-19-7-4-9-21(25)13-19/h3-4,6-7,9-10,12-13,18,20,23-25H,5,8,11,14-16H2,1-2H3/t18?,20?,23-/m1/s1. The molecule has 0 radical (unpaired) electrons. The van der Waals surface area contributed by atoms with Gasteiger partial charge >= 0.3 is 0 Å². The summed E-state index contributed by atoms with van der Waals surface area (Å²) in [6, 6.07) is 15.8. The Kier molecular flexibility index (Phi) is 6.56. The van der Waals surface area contributed by atoms with E-state index in [9.17, 15) is 5.11 Å². The highest BCUT2D eigenvalue weighted by Crippen LogP contribution is 2.32. The van der Waals surface area contributed by atoms with Crippen LogP contribution in [-0.4, -0.2) is 17.8 Å².